The Hall–Kier alpha value is -0.983. The zero-order chi connectivity index (χ0) is 20.2. The molecule has 0 aliphatic heterocycles. The fraction of sp³-hybridized carbons (Fsp3) is 0. The van der Waals surface area contributed by atoms with Gasteiger partial charge in [-0.05, 0) is 0 Å². The standard InChI is InChI=1S/4C6H5.2ClH.O.2Sn/c4*1-2-4-6-5-3-1;;;;;/h4*1-5H;2*1H;;;/q;;;;;;;2*+1/p-2. The van der Waals surface area contributed by atoms with E-state index >= 15 is 0 Å². The van der Waals surface area contributed by atoms with E-state index in [9.17, 15) is 0 Å². The third-order valence-electron chi connectivity index (χ3n) is 4.86. The molecule has 5 heteroatoms. The van der Waals surface area contributed by atoms with E-state index in [1.807, 2.05) is 72.8 Å². The average Bonchev–Trinajstić information content (AvgIpc) is 2.81. The van der Waals surface area contributed by atoms with Crippen LogP contribution in [0.15, 0.2) is 121 Å². The zero-order valence-electron chi connectivity index (χ0n) is 15.7. The third-order valence-corrected chi connectivity index (χ3v) is 42.3. The number of rotatable bonds is 6. The third kappa shape index (κ3) is 4.54. The Morgan fingerprint density at radius 1 is 0.379 bits per heavy atom. The predicted molar refractivity (Wildman–Crippen MR) is 129 cm³/mol. The molecule has 0 radical (unpaired) electrons. The van der Waals surface area contributed by atoms with Crippen molar-refractivity contribution in [1.29, 1.82) is 0 Å². The van der Waals surface area contributed by atoms with Gasteiger partial charge in [0.25, 0.3) is 0 Å². The summed E-state index contributed by atoms with van der Waals surface area (Å²) in [5.74, 6) is 0. The van der Waals surface area contributed by atoms with E-state index in [0.717, 1.165) is 14.3 Å². The molecule has 0 saturated heterocycles. The summed E-state index contributed by atoms with van der Waals surface area (Å²) in [5, 5.41) is 0. The van der Waals surface area contributed by atoms with Crippen LogP contribution in [0, 0.1) is 0 Å². The van der Waals surface area contributed by atoms with Crippen LogP contribution in [-0.2, 0) is 1.41 Å². The Kier molecular flexibility index (Phi) is 6.92. The van der Waals surface area contributed by atoms with E-state index in [2.05, 4.69) is 48.5 Å². The van der Waals surface area contributed by atoms with E-state index in [1.165, 1.54) is 0 Å². The van der Waals surface area contributed by atoms with E-state index in [-0.39, 0.29) is 0 Å². The van der Waals surface area contributed by atoms with Crippen molar-refractivity contribution in [2.24, 2.45) is 0 Å². The van der Waals surface area contributed by atoms with Crippen molar-refractivity contribution in [2.45, 2.75) is 0 Å². The second-order valence-corrected chi connectivity index (χ2v) is 31.8. The summed E-state index contributed by atoms with van der Waals surface area (Å²) < 4.78 is 11.4. The van der Waals surface area contributed by atoms with Gasteiger partial charge in [-0.15, -0.1) is 0 Å². The van der Waals surface area contributed by atoms with Crippen molar-refractivity contribution in [3.63, 3.8) is 0 Å². The molecule has 0 fully saturated rings. The van der Waals surface area contributed by atoms with Crippen molar-refractivity contribution in [3.05, 3.63) is 121 Å². The van der Waals surface area contributed by atoms with Crippen LogP contribution < -0.4 is 14.3 Å². The molecule has 0 spiro atoms. The molecule has 0 bridgehead atoms. The van der Waals surface area contributed by atoms with Gasteiger partial charge in [-0.25, -0.2) is 0 Å². The normalized spacial score (nSPS) is 11.9. The molecule has 1 nitrogen and oxygen atoms in total. The molecule has 4 aromatic rings. The van der Waals surface area contributed by atoms with Crippen molar-refractivity contribution in [1.82, 2.24) is 0 Å². The molecular weight excluding hydrogens is 613 g/mol. The first-order valence-corrected chi connectivity index (χ1v) is 24.7. The minimum absolute atomic E-state index is 1.07. The van der Waals surface area contributed by atoms with Gasteiger partial charge in [0.2, 0.25) is 0 Å². The first kappa shape index (κ1) is 21.3. The van der Waals surface area contributed by atoms with Gasteiger partial charge in [-0.2, -0.15) is 0 Å². The molecule has 0 amide bonds. The van der Waals surface area contributed by atoms with E-state index in [4.69, 9.17) is 19.3 Å². The summed E-state index contributed by atoms with van der Waals surface area (Å²) in [6.07, 6.45) is 0. The molecule has 0 aliphatic carbocycles. The van der Waals surface area contributed by atoms with Crippen molar-refractivity contribution < 1.29 is 1.41 Å². The van der Waals surface area contributed by atoms with Gasteiger partial charge in [-0.3, -0.25) is 0 Å². The molecule has 4 aromatic carbocycles. The van der Waals surface area contributed by atoms with Crippen LogP contribution in [0.5, 0.6) is 0 Å². The second kappa shape index (κ2) is 9.44. The Morgan fingerprint density at radius 2 is 0.586 bits per heavy atom. The molecule has 0 heterocycles. The van der Waals surface area contributed by atoms with Crippen molar-refractivity contribution >= 4 is 67.5 Å². The van der Waals surface area contributed by atoms with Crippen LogP contribution >= 0.6 is 17.8 Å². The van der Waals surface area contributed by atoms with Crippen LogP contribution in [0.1, 0.15) is 0 Å². The SMILES string of the molecule is [Cl][Sn]([O][Sn]([Cl])([c]1ccccc1)[c]1ccccc1)([c]1ccccc1)[c]1ccccc1. The number of benzene rings is 4. The molecule has 0 N–H and O–H groups in total. The number of hydrogen-bond donors (Lipinski definition) is 0. The first-order valence-electron chi connectivity index (χ1n) is 9.43. The molecule has 4 rings (SSSR count). The second-order valence-electron chi connectivity index (χ2n) is 6.76. The molecule has 29 heavy (non-hydrogen) atoms. The Bertz CT molecular complexity index is 879. The Labute approximate surface area is 188 Å². The fourth-order valence-electron chi connectivity index (χ4n) is 3.37. The molecule has 0 atom stereocenters. The Balaban J connectivity index is 1.91. The van der Waals surface area contributed by atoms with Crippen LogP contribution in [0.25, 0.3) is 0 Å². The van der Waals surface area contributed by atoms with Crippen LogP contribution in [-0.4, -0.2) is 35.3 Å². The van der Waals surface area contributed by atoms with Crippen LogP contribution in [0.3, 0.4) is 0 Å². The van der Waals surface area contributed by atoms with Crippen molar-refractivity contribution in [2.75, 3.05) is 0 Å². The van der Waals surface area contributed by atoms with Crippen LogP contribution in [0.2, 0.25) is 0 Å². The predicted octanol–water partition coefficient (Wildman–Crippen LogP) is 3.99. The van der Waals surface area contributed by atoms with Gasteiger partial charge in [0.15, 0.2) is 0 Å². The van der Waals surface area contributed by atoms with Gasteiger partial charge < -0.3 is 0 Å². The first-order chi connectivity index (χ1) is 14.1. The van der Waals surface area contributed by atoms with Gasteiger partial charge in [-0.1, -0.05) is 0 Å². The fourth-order valence-corrected chi connectivity index (χ4v) is 46.8. The quantitative estimate of drug-likeness (QED) is 0.293. The number of hydrogen-bond acceptors (Lipinski definition) is 1. The summed E-state index contributed by atoms with van der Waals surface area (Å²) >= 11 is -8.06. The monoisotopic (exact) mass is 634 g/mol. The van der Waals surface area contributed by atoms with E-state index < -0.39 is 35.3 Å². The number of halogens is 2. The van der Waals surface area contributed by atoms with Gasteiger partial charge in [0.05, 0.1) is 0 Å². The van der Waals surface area contributed by atoms with Crippen LogP contribution in [0.4, 0.5) is 0 Å². The minimum atomic E-state index is -4.03. The van der Waals surface area contributed by atoms with E-state index in [0.29, 0.717) is 0 Å². The Morgan fingerprint density at radius 3 is 0.793 bits per heavy atom. The molecular formula is C24H20Cl2OSn2. The summed E-state index contributed by atoms with van der Waals surface area (Å²) in [7, 11) is 15.1. The summed E-state index contributed by atoms with van der Waals surface area (Å²) in [4.78, 5) is 0. The molecule has 0 aromatic heterocycles. The molecule has 144 valence electrons. The summed E-state index contributed by atoms with van der Waals surface area (Å²) in [5.41, 5.74) is 0. The topological polar surface area (TPSA) is 9.23 Å². The maximum atomic E-state index is 7.53. The summed E-state index contributed by atoms with van der Waals surface area (Å²) in [6.45, 7) is 0. The van der Waals surface area contributed by atoms with Gasteiger partial charge >= 0.3 is 190 Å². The molecule has 0 aliphatic rings. The van der Waals surface area contributed by atoms with Crippen molar-refractivity contribution in [3.8, 4) is 0 Å². The summed E-state index contributed by atoms with van der Waals surface area (Å²) in [6, 6.07) is 40.8. The zero-order valence-corrected chi connectivity index (χ0v) is 22.9. The van der Waals surface area contributed by atoms with E-state index in [1.54, 1.807) is 0 Å². The van der Waals surface area contributed by atoms with Gasteiger partial charge in [0, 0.05) is 0 Å². The average molecular weight is 633 g/mol. The molecule has 0 saturated carbocycles. The van der Waals surface area contributed by atoms with Gasteiger partial charge in [0.1, 0.15) is 0 Å². The molecule has 0 unspecified atom stereocenters. The maximum absolute atomic E-state index is 7.53.